The Bertz CT molecular complexity index is 2660. The SMILES string of the molecule is CN1B(c2cc(Oc3ccc4c5ccccc5n(-c5ccccn5)c4c3)cc(-n3c4ccccc4c4ccccc43)c2)Oc2ccccc21. The summed E-state index contributed by atoms with van der Waals surface area (Å²) < 4.78 is 17.9. The number of benzene rings is 6. The lowest BCUT2D eigenvalue weighted by molar-refractivity contribution is 0.483. The topological polar surface area (TPSA) is 44.5 Å². The average molecular weight is 633 g/mol. The molecule has 232 valence electrons. The average Bonchev–Trinajstić information content (AvgIpc) is 3.79. The molecule has 4 heterocycles. The van der Waals surface area contributed by atoms with Gasteiger partial charge in [0.25, 0.3) is 0 Å². The van der Waals surface area contributed by atoms with Crippen molar-refractivity contribution in [1.82, 2.24) is 14.1 Å². The largest absolute Gasteiger partial charge is 0.536 e. The molecule has 0 amide bonds. The van der Waals surface area contributed by atoms with Crippen molar-refractivity contribution < 1.29 is 9.39 Å². The number of ether oxygens (including phenoxy) is 1. The zero-order chi connectivity index (χ0) is 32.5. The molecular weight excluding hydrogens is 603 g/mol. The molecule has 0 saturated heterocycles. The molecule has 3 aromatic heterocycles. The third-order valence-electron chi connectivity index (χ3n) is 9.63. The number of aromatic nitrogens is 3. The number of hydrogen-bond acceptors (Lipinski definition) is 4. The van der Waals surface area contributed by atoms with E-state index in [1.165, 1.54) is 16.2 Å². The molecule has 7 heteroatoms. The minimum Gasteiger partial charge on any atom is -0.536 e. The van der Waals surface area contributed by atoms with Crippen LogP contribution in [-0.4, -0.2) is 28.2 Å². The van der Waals surface area contributed by atoms with E-state index in [0.717, 1.165) is 67.4 Å². The Morgan fingerprint density at radius 1 is 0.551 bits per heavy atom. The van der Waals surface area contributed by atoms with Crippen molar-refractivity contribution in [2.45, 2.75) is 0 Å². The summed E-state index contributed by atoms with van der Waals surface area (Å²) in [5, 5.41) is 4.74. The van der Waals surface area contributed by atoms with Crippen LogP contribution in [0.25, 0.3) is 55.1 Å². The van der Waals surface area contributed by atoms with Crippen molar-refractivity contribution in [1.29, 1.82) is 0 Å². The van der Waals surface area contributed by atoms with E-state index in [9.17, 15) is 0 Å². The van der Waals surface area contributed by atoms with Gasteiger partial charge in [0, 0.05) is 45.6 Å². The van der Waals surface area contributed by atoms with E-state index in [4.69, 9.17) is 14.4 Å². The van der Waals surface area contributed by atoms with Crippen LogP contribution in [-0.2, 0) is 0 Å². The molecule has 9 aromatic rings. The van der Waals surface area contributed by atoms with Gasteiger partial charge >= 0.3 is 7.05 Å². The van der Waals surface area contributed by atoms with Gasteiger partial charge in [0.15, 0.2) is 0 Å². The van der Waals surface area contributed by atoms with Gasteiger partial charge in [-0.3, -0.25) is 4.57 Å². The molecule has 0 saturated carbocycles. The lowest BCUT2D eigenvalue weighted by Crippen LogP contribution is -2.47. The highest BCUT2D eigenvalue weighted by molar-refractivity contribution is 6.73. The number of anilines is 1. The summed E-state index contributed by atoms with van der Waals surface area (Å²) >= 11 is 0. The molecule has 0 bridgehead atoms. The summed E-state index contributed by atoms with van der Waals surface area (Å²) in [4.78, 5) is 6.89. The van der Waals surface area contributed by atoms with Crippen molar-refractivity contribution in [3.8, 4) is 28.8 Å². The van der Waals surface area contributed by atoms with Gasteiger partial charge in [-0.2, -0.15) is 0 Å². The van der Waals surface area contributed by atoms with Gasteiger partial charge in [0.2, 0.25) is 0 Å². The smallest absolute Gasteiger partial charge is 0.519 e. The van der Waals surface area contributed by atoms with E-state index in [-0.39, 0.29) is 7.05 Å². The second-order valence-electron chi connectivity index (χ2n) is 12.5. The Morgan fingerprint density at radius 3 is 1.88 bits per heavy atom. The van der Waals surface area contributed by atoms with Crippen LogP contribution in [0.2, 0.25) is 0 Å². The van der Waals surface area contributed by atoms with E-state index in [0.29, 0.717) is 0 Å². The molecule has 6 nitrogen and oxygen atoms in total. The van der Waals surface area contributed by atoms with Gasteiger partial charge in [-0.1, -0.05) is 72.8 Å². The molecule has 0 spiro atoms. The number of fused-ring (bicyclic) bond motifs is 7. The van der Waals surface area contributed by atoms with Crippen molar-refractivity contribution in [2.24, 2.45) is 0 Å². The van der Waals surface area contributed by atoms with E-state index in [1.807, 2.05) is 42.6 Å². The number of nitrogens with zero attached hydrogens (tertiary/aromatic N) is 4. The quantitative estimate of drug-likeness (QED) is 0.178. The molecule has 1 aliphatic rings. The Hall–Kier alpha value is -6.47. The number of hydrogen-bond donors (Lipinski definition) is 0. The molecule has 10 rings (SSSR count). The zero-order valence-electron chi connectivity index (χ0n) is 26.7. The maximum Gasteiger partial charge on any atom is 0.519 e. The van der Waals surface area contributed by atoms with Crippen LogP contribution in [0.1, 0.15) is 0 Å². The number of pyridine rings is 1. The fourth-order valence-electron chi connectivity index (χ4n) is 7.49. The van der Waals surface area contributed by atoms with Crippen LogP contribution in [0.15, 0.2) is 158 Å². The van der Waals surface area contributed by atoms with Crippen LogP contribution in [0.5, 0.6) is 17.2 Å². The van der Waals surface area contributed by atoms with Gasteiger partial charge in [0.1, 0.15) is 23.1 Å². The molecule has 1 aliphatic heterocycles. The Morgan fingerprint density at radius 2 is 1.18 bits per heavy atom. The molecule has 49 heavy (non-hydrogen) atoms. The van der Waals surface area contributed by atoms with Gasteiger partial charge in [-0.25, -0.2) is 4.98 Å². The maximum absolute atomic E-state index is 6.83. The lowest BCUT2D eigenvalue weighted by atomic mass is 9.72. The molecule has 6 aromatic carbocycles. The lowest BCUT2D eigenvalue weighted by Gasteiger charge is -2.19. The predicted molar refractivity (Wildman–Crippen MR) is 200 cm³/mol. The standard InChI is InChI=1S/C42H29BN4O2/c1-45-39-18-8-9-19-41(39)49-43(45)28-24-29(46-36-15-5-2-12-32(36)33-13-3-6-16-37(33)46)26-31(25-28)48-30-21-22-35-34-14-4-7-17-38(34)47(40(35)27-30)42-20-10-11-23-44-42/h2-27H,1H3. The first-order valence-corrected chi connectivity index (χ1v) is 16.5. The first-order valence-electron chi connectivity index (χ1n) is 16.5. The molecule has 0 fully saturated rings. The Kier molecular flexibility index (Phi) is 6.08. The minimum atomic E-state index is -0.318. The number of rotatable bonds is 5. The summed E-state index contributed by atoms with van der Waals surface area (Å²) in [6.07, 6.45) is 1.83. The van der Waals surface area contributed by atoms with Gasteiger partial charge in [-0.15, -0.1) is 0 Å². The second kappa shape index (κ2) is 10.8. The van der Waals surface area contributed by atoms with Gasteiger partial charge in [0.05, 0.1) is 27.8 Å². The van der Waals surface area contributed by atoms with E-state index >= 15 is 0 Å². The van der Waals surface area contributed by atoms with Gasteiger partial charge in [-0.05, 0) is 79.2 Å². The predicted octanol–water partition coefficient (Wildman–Crippen LogP) is 9.29. The monoisotopic (exact) mass is 632 g/mol. The Balaban J connectivity index is 1.16. The van der Waals surface area contributed by atoms with E-state index < -0.39 is 0 Å². The van der Waals surface area contributed by atoms with Crippen LogP contribution < -0.4 is 19.7 Å². The minimum absolute atomic E-state index is 0.318. The normalized spacial score (nSPS) is 12.7. The number of para-hydroxylation sites is 5. The third kappa shape index (κ3) is 4.32. The van der Waals surface area contributed by atoms with Crippen molar-refractivity contribution >= 4 is 61.8 Å². The zero-order valence-corrected chi connectivity index (χ0v) is 26.7. The molecule has 0 atom stereocenters. The van der Waals surface area contributed by atoms with E-state index in [1.54, 1.807) is 0 Å². The van der Waals surface area contributed by atoms with Crippen molar-refractivity contribution in [3.63, 3.8) is 0 Å². The van der Waals surface area contributed by atoms with E-state index in [2.05, 4.69) is 136 Å². The highest BCUT2D eigenvalue weighted by Gasteiger charge is 2.36. The summed E-state index contributed by atoms with van der Waals surface area (Å²) in [6.45, 7) is 0. The maximum atomic E-state index is 6.83. The van der Waals surface area contributed by atoms with Crippen LogP contribution in [0.4, 0.5) is 5.69 Å². The van der Waals surface area contributed by atoms with Crippen LogP contribution in [0, 0.1) is 0 Å². The fraction of sp³-hybridized carbons (Fsp3) is 0.0238. The highest BCUT2D eigenvalue weighted by Crippen LogP contribution is 2.38. The molecule has 0 aliphatic carbocycles. The first kappa shape index (κ1) is 27.6. The molecule has 0 unspecified atom stereocenters. The highest BCUT2D eigenvalue weighted by atomic mass is 16.5. The summed E-state index contributed by atoms with van der Waals surface area (Å²) in [5.74, 6) is 3.19. The summed E-state index contributed by atoms with van der Waals surface area (Å²) in [7, 11) is 1.76. The van der Waals surface area contributed by atoms with Crippen molar-refractivity contribution in [3.05, 3.63) is 158 Å². The summed E-state index contributed by atoms with van der Waals surface area (Å²) in [5.41, 5.74) is 7.47. The van der Waals surface area contributed by atoms with Crippen LogP contribution >= 0.6 is 0 Å². The fourth-order valence-corrected chi connectivity index (χ4v) is 7.49. The molecule has 0 N–H and O–H groups in total. The third-order valence-corrected chi connectivity index (χ3v) is 9.63. The Labute approximate surface area is 283 Å². The molecular formula is C42H29BN4O2. The molecule has 0 radical (unpaired) electrons. The van der Waals surface area contributed by atoms with Gasteiger partial charge < -0.3 is 18.8 Å². The van der Waals surface area contributed by atoms with Crippen LogP contribution in [0.3, 0.4) is 0 Å². The second-order valence-corrected chi connectivity index (χ2v) is 12.5. The summed E-state index contributed by atoms with van der Waals surface area (Å²) in [6, 6.07) is 52.5. The first-order chi connectivity index (χ1) is 24.2. The van der Waals surface area contributed by atoms with Crippen molar-refractivity contribution in [2.75, 3.05) is 11.9 Å².